The molecule has 3 heterocycles. The minimum atomic E-state index is -0.392. The number of hydrogen-bond donors (Lipinski definition) is 0. The Morgan fingerprint density at radius 2 is 2.35 bits per heavy atom. The van der Waals surface area contributed by atoms with Crippen LogP contribution in [0, 0.1) is 17.0 Å². The van der Waals surface area contributed by atoms with E-state index < -0.39 is 4.92 Å². The van der Waals surface area contributed by atoms with E-state index in [0.29, 0.717) is 5.13 Å². The Labute approximate surface area is 120 Å². The number of pyridine rings is 1. The average Bonchev–Trinajstić information content (AvgIpc) is 3.07. The van der Waals surface area contributed by atoms with E-state index >= 15 is 0 Å². The van der Waals surface area contributed by atoms with Gasteiger partial charge in [0.15, 0.2) is 5.13 Å². The van der Waals surface area contributed by atoms with Crippen molar-refractivity contribution in [3.8, 4) is 0 Å². The lowest BCUT2D eigenvalue weighted by Gasteiger charge is -2.23. The topological polar surface area (TPSA) is 72.2 Å². The molecule has 0 amide bonds. The lowest BCUT2D eigenvalue weighted by atomic mass is 10.1. The highest BCUT2D eigenvalue weighted by atomic mass is 32.1. The molecule has 2 aromatic rings. The van der Waals surface area contributed by atoms with Gasteiger partial charge in [0.05, 0.1) is 16.7 Å². The van der Waals surface area contributed by atoms with Gasteiger partial charge < -0.3 is 4.90 Å². The Morgan fingerprint density at radius 1 is 1.50 bits per heavy atom. The Balaban J connectivity index is 1.90. The van der Waals surface area contributed by atoms with Gasteiger partial charge in [-0.3, -0.25) is 15.1 Å². The third-order valence-electron chi connectivity index (χ3n) is 3.41. The number of aromatic nitrogens is 2. The maximum absolute atomic E-state index is 10.8. The number of nitrogens with zero attached hydrogens (tertiary/aromatic N) is 4. The molecule has 0 radical (unpaired) electrons. The first kappa shape index (κ1) is 13.0. The number of thiazole rings is 1. The third kappa shape index (κ3) is 2.36. The zero-order valence-corrected chi connectivity index (χ0v) is 11.8. The van der Waals surface area contributed by atoms with Crippen LogP contribution in [0.1, 0.15) is 30.3 Å². The fourth-order valence-electron chi connectivity index (χ4n) is 2.53. The van der Waals surface area contributed by atoms with Crippen molar-refractivity contribution in [2.45, 2.75) is 25.8 Å². The second kappa shape index (κ2) is 5.16. The van der Waals surface area contributed by atoms with Crippen LogP contribution in [0.15, 0.2) is 24.4 Å². The molecule has 0 unspecified atom stereocenters. The van der Waals surface area contributed by atoms with E-state index in [4.69, 9.17) is 0 Å². The summed E-state index contributed by atoms with van der Waals surface area (Å²) in [5, 5.41) is 11.6. The molecule has 1 fully saturated rings. The normalized spacial score (nSPS) is 18.4. The standard InChI is InChI=1S/C13H14N4O2S/c1-9-4-2-5-10(15-9)11-6-3-7-16(11)13-14-8-12(20-13)17(18)19/h2,4-5,8,11H,3,6-7H2,1H3/t11-/m1/s1. The molecule has 0 N–H and O–H groups in total. The summed E-state index contributed by atoms with van der Waals surface area (Å²) in [4.78, 5) is 21.3. The van der Waals surface area contributed by atoms with E-state index in [1.807, 2.05) is 25.1 Å². The largest absolute Gasteiger partial charge is 0.345 e. The van der Waals surface area contributed by atoms with Crippen LogP contribution < -0.4 is 4.90 Å². The van der Waals surface area contributed by atoms with Crippen molar-refractivity contribution in [3.05, 3.63) is 45.9 Å². The molecule has 0 aromatic carbocycles. The molecule has 2 aromatic heterocycles. The van der Waals surface area contributed by atoms with E-state index in [0.717, 1.165) is 42.1 Å². The minimum Gasteiger partial charge on any atom is -0.339 e. The molecule has 0 saturated carbocycles. The lowest BCUT2D eigenvalue weighted by molar-refractivity contribution is -0.380. The van der Waals surface area contributed by atoms with E-state index in [1.165, 1.54) is 6.20 Å². The molecule has 6 nitrogen and oxygen atoms in total. The summed E-state index contributed by atoms with van der Waals surface area (Å²) in [5.41, 5.74) is 2.00. The summed E-state index contributed by atoms with van der Waals surface area (Å²) in [7, 11) is 0. The van der Waals surface area contributed by atoms with Crippen molar-refractivity contribution in [1.29, 1.82) is 0 Å². The SMILES string of the molecule is Cc1cccc([C@H]2CCCN2c2ncc([N+](=O)[O-])s2)n1. The summed E-state index contributed by atoms with van der Waals surface area (Å²) in [6.07, 6.45) is 3.39. The predicted octanol–water partition coefficient (Wildman–Crippen LogP) is 3.10. The highest BCUT2D eigenvalue weighted by molar-refractivity contribution is 7.18. The van der Waals surface area contributed by atoms with Crippen LogP contribution in [-0.2, 0) is 0 Å². The Hall–Kier alpha value is -2.02. The quantitative estimate of drug-likeness (QED) is 0.641. The molecular formula is C13H14N4O2S. The Kier molecular flexibility index (Phi) is 3.35. The monoisotopic (exact) mass is 290 g/mol. The number of aryl methyl sites for hydroxylation is 1. The van der Waals surface area contributed by atoms with Crippen LogP contribution in [-0.4, -0.2) is 21.4 Å². The third-order valence-corrected chi connectivity index (χ3v) is 4.40. The maximum atomic E-state index is 10.8. The first-order valence-electron chi connectivity index (χ1n) is 6.45. The molecular weight excluding hydrogens is 276 g/mol. The summed E-state index contributed by atoms with van der Waals surface area (Å²) >= 11 is 1.13. The smallest absolute Gasteiger partial charge is 0.339 e. The van der Waals surface area contributed by atoms with Gasteiger partial charge in [-0.25, -0.2) is 4.98 Å². The van der Waals surface area contributed by atoms with Gasteiger partial charge in [-0.15, -0.1) is 0 Å². The molecule has 1 atom stereocenters. The molecule has 1 saturated heterocycles. The van der Waals surface area contributed by atoms with Crippen LogP contribution in [0.4, 0.5) is 10.1 Å². The number of nitro groups is 1. The molecule has 1 aliphatic heterocycles. The van der Waals surface area contributed by atoms with Gasteiger partial charge in [-0.1, -0.05) is 6.07 Å². The Morgan fingerprint density at radius 3 is 3.05 bits per heavy atom. The first-order valence-corrected chi connectivity index (χ1v) is 7.27. The molecule has 7 heteroatoms. The lowest BCUT2D eigenvalue weighted by Crippen LogP contribution is -2.23. The minimum absolute atomic E-state index is 0.0860. The second-order valence-corrected chi connectivity index (χ2v) is 5.78. The number of hydrogen-bond acceptors (Lipinski definition) is 6. The van der Waals surface area contributed by atoms with Gasteiger partial charge in [-0.05, 0) is 43.2 Å². The van der Waals surface area contributed by atoms with Crippen molar-refractivity contribution in [3.63, 3.8) is 0 Å². The van der Waals surface area contributed by atoms with E-state index in [9.17, 15) is 10.1 Å². The predicted molar refractivity (Wildman–Crippen MR) is 77.1 cm³/mol. The second-order valence-electron chi connectivity index (χ2n) is 4.79. The molecule has 0 aliphatic carbocycles. The number of anilines is 1. The summed E-state index contributed by atoms with van der Waals surface area (Å²) < 4.78 is 0. The highest BCUT2D eigenvalue weighted by Crippen LogP contribution is 2.38. The summed E-state index contributed by atoms with van der Waals surface area (Å²) in [6.45, 7) is 2.84. The summed E-state index contributed by atoms with van der Waals surface area (Å²) in [5.74, 6) is 0. The average molecular weight is 290 g/mol. The van der Waals surface area contributed by atoms with Crippen molar-refractivity contribution in [1.82, 2.24) is 9.97 Å². The van der Waals surface area contributed by atoms with Crippen LogP contribution >= 0.6 is 11.3 Å². The fourth-order valence-corrected chi connectivity index (χ4v) is 3.33. The molecule has 1 aliphatic rings. The van der Waals surface area contributed by atoms with Crippen molar-refractivity contribution < 1.29 is 4.92 Å². The fraction of sp³-hybridized carbons (Fsp3) is 0.385. The van der Waals surface area contributed by atoms with Crippen LogP contribution in [0.2, 0.25) is 0 Å². The van der Waals surface area contributed by atoms with Gasteiger partial charge in [0, 0.05) is 12.2 Å². The Bertz CT molecular complexity index is 643. The summed E-state index contributed by atoms with van der Waals surface area (Å²) in [6, 6.07) is 6.15. The van der Waals surface area contributed by atoms with E-state index in [-0.39, 0.29) is 11.0 Å². The first-order chi connectivity index (χ1) is 9.65. The van der Waals surface area contributed by atoms with Gasteiger partial charge >= 0.3 is 5.00 Å². The van der Waals surface area contributed by atoms with E-state index in [2.05, 4.69) is 14.9 Å². The van der Waals surface area contributed by atoms with Crippen LogP contribution in [0.5, 0.6) is 0 Å². The van der Waals surface area contributed by atoms with Gasteiger partial charge in [0.25, 0.3) is 0 Å². The van der Waals surface area contributed by atoms with Gasteiger partial charge in [0.2, 0.25) is 0 Å². The van der Waals surface area contributed by atoms with Crippen molar-refractivity contribution >= 4 is 21.5 Å². The van der Waals surface area contributed by atoms with Crippen LogP contribution in [0.25, 0.3) is 0 Å². The van der Waals surface area contributed by atoms with Crippen molar-refractivity contribution in [2.24, 2.45) is 0 Å². The molecule has 0 bridgehead atoms. The molecule has 104 valence electrons. The molecule has 0 spiro atoms. The zero-order chi connectivity index (χ0) is 14.1. The maximum Gasteiger partial charge on any atom is 0.345 e. The van der Waals surface area contributed by atoms with Gasteiger partial charge in [-0.2, -0.15) is 0 Å². The van der Waals surface area contributed by atoms with Crippen molar-refractivity contribution in [2.75, 3.05) is 11.4 Å². The molecule has 20 heavy (non-hydrogen) atoms. The zero-order valence-electron chi connectivity index (χ0n) is 11.0. The number of rotatable bonds is 3. The van der Waals surface area contributed by atoms with Gasteiger partial charge in [0.1, 0.15) is 6.20 Å². The van der Waals surface area contributed by atoms with Crippen LogP contribution in [0.3, 0.4) is 0 Å². The molecule has 3 rings (SSSR count). The highest BCUT2D eigenvalue weighted by Gasteiger charge is 2.30. The van der Waals surface area contributed by atoms with E-state index in [1.54, 1.807) is 0 Å².